The number of rotatable bonds is 0. The van der Waals surface area contributed by atoms with Crippen LogP contribution in [0.1, 0.15) is 0 Å². The minimum absolute atomic E-state index is 0. The predicted molar refractivity (Wildman–Crippen MR) is 2.13 cm³/mol. The van der Waals surface area contributed by atoms with Crippen molar-refractivity contribution in [2.75, 3.05) is 0 Å². The predicted octanol–water partition coefficient (Wildman–Crippen LogP) is -6.48. The zero-order valence-corrected chi connectivity index (χ0v) is 4.09. The van der Waals surface area contributed by atoms with E-state index in [1.165, 1.54) is 0 Å². The van der Waals surface area contributed by atoms with Crippen LogP contribution in [0.5, 0.6) is 0 Å². The summed E-state index contributed by atoms with van der Waals surface area (Å²) in [7, 11) is 0. The standard InChI is InChI=1S/2ClH.Co.N/h2*1H;;/q;;+2;/p-2. The summed E-state index contributed by atoms with van der Waals surface area (Å²) in [5.41, 5.74) is 0. The maximum Gasteiger partial charge on any atom is 2.00 e. The molecule has 0 aliphatic heterocycles. The Morgan fingerprint density at radius 2 is 0.750 bits per heavy atom. The molecule has 4 heteroatoms. The Bertz CT molecular complexity index is 6.00. The van der Waals surface area contributed by atoms with Gasteiger partial charge in [-0.3, -0.25) is 0 Å². The summed E-state index contributed by atoms with van der Waals surface area (Å²) >= 11 is 0. The van der Waals surface area contributed by atoms with Gasteiger partial charge in [-0.15, -0.1) is 0 Å². The van der Waals surface area contributed by atoms with E-state index in [0.29, 0.717) is 0 Å². The first-order valence-electron chi connectivity index (χ1n) is 0. The molecular weight excluding hydrogens is 144 g/mol. The van der Waals surface area contributed by atoms with Gasteiger partial charge in [0.1, 0.15) is 0 Å². The van der Waals surface area contributed by atoms with Crippen LogP contribution in [0.25, 0.3) is 0 Å². The first-order chi connectivity index (χ1) is 0. The van der Waals surface area contributed by atoms with Crippen molar-refractivity contribution in [1.29, 1.82) is 0 Å². The molecule has 0 amide bonds. The fraction of sp³-hybridized carbons (Fsp3) is 0. The Morgan fingerprint density at radius 3 is 0.750 bits per heavy atom. The Morgan fingerprint density at radius 1 is 0.750 bits per heavy atom. The summed E-state index contributed by atoms with van der Waals surface area (Å²) in [6.07, 6.45) is 0. The van der Waals surface area contributed by atoms with Crippen molar-refractivity contribution < 1.29 is 41.6 Å². The van der Waals surface area contributed by atoms with Gasteiger partial charge in [0.15, 0.2) is 0 Å². The van der Waals surface area contributed by atoms with Crippen LogP contribution in [0.3, 0.4) is 0 Å². The van der Waals surface area contributed by atoms with Crippen molar-refractivity contribution in [2.45, 2.75) is 0 Å². The molecule has 0 saturated heterocycles. The number of nitrogens with zero attached hydrogens (tertiary/aromatic N) is 1. The summed E-state index contributed by atoms with van der Waals surface area (Å²) in [6.45, 7) is 0. The minimum Gasteiger partial charge on any atom is -1.00 e. The van der Waals surface area contributed by atoms with Crippen molar-refractivity contribution in [3.8, 4) is 0 Å². The monoisotopic (exact) mass is 143 g/mol. The quantitative estimate of drug-likeness (QED) is 0.323. The number of hydrogen-bond donors (Lipinski definition) is 0. The van der Waals surface area contributed by atoms with Crippen LogP contribution >= 0.6 is 0 Å². The second-order valence-electron chi connectivity index (χ2n) is 0. The van der Waals surface area contributed by atoms with E-state index in [4.69, 9.17) is 0 Å². The molecule has 0 aliphatic carbocycles. The molecule has 0 spiro atoms. The minimum atomic E-state index is 0. The van der Waals surface area contributed by atoms with Crippen LogP contribution in [0.2, 0.25) is 0 Å². The Hall–Kier alpha value is 1.05. The van der Waals surface area contributed by atoms with Gasteiger partial charge in [0.2, 0.25) is 0 Å². The van der Waals surface area contributed by atoms with Gasteiger partial charge < -0.3 is 24.8 Å². The van der Waals surface area contributed by atoms with Crippen molar-refractivity contribution in [3.63, 3.8) is 0 Å². The molecule has 0 unspecified atom stereocenters. The van der Waals surface area contributed by atoms with Gasteiger partial charge >= 0.3 is 16.8 Å². The first kappa shape index (κ1) is 75.5. The molecule has 0 aromatic rings. The maximum atomic E-state index is 0. The third-order valence-electron chi connectivity index (χ3n) is 0. The summed E-state index contributed by atoms with van der Waals surface area (Å²) < 4.78 is 0. The number of hydrogen-bond acceptors (Lipinski definition) is 0. The van der Waals surface area contributed by atoms with Gasteiger partial charge in [-0.05, 0) is 0 Å². The largest absolute Gasteiger partial charge is 2.00 e. The van der Waals surface area contributed by atoms with E-state index in [-0.39, 0.29) is 47.7 Å². The van der Waals surface area contributed by atoms with E-state index >= 15 is 0 Å². The summed E-state index contributed by atoms with van der Waals surface area (Å²) in [4.78, 5) is 0. The third-order valence-corrected chi connectivity index (χ3v) is 0. The third kappa shape index (κ3) is 11.7. The molecule has 4 radical (unpaired) electrons. The van der Waals surface area contributed by atoms with E-state index in [1.807, 2.05) is 0 Å². The van der Waals surface area contributed by atoms with E-state index in [2.05, 4.69) is 0 Å². The average Bonchev–Trinajstić information content (AvgIpc) is 0. The van der Waals surface area contributed by atoms with E-state index in [1.54, 1.807) is 0 Å². The van der Waals surface area contributed by atoms with Gasteiger partial charge in [0.05, 0.1) is 0 Å². The van der Waals surface area contributed by atoms with E-state index in [0.717, 1.165) is 0 Å². The maximum absolute atomic E-state index is 0. The molecule has 0 atom stereocenters. The van der Waals surface area contributed by atoms with Crippen LogP contribution in [-0.2, 0) is 16.8 Å². The molecule has 0 heterocycles. The molecule has 0 aromatic heterocycles. The number of halogens is 2. The molecule has 4 heavy (non-hydrogen) atoms. The van der Waals surface area contributed by atoms with E-state index in [9.17, 15) is 0 Å². The fourth-order valence-corrected chi connectivity index (χ4v) is 0. The first-order valence-corrected chi connectivity index (χ1v) is 0. The molecule has 0 saturated carbocycles. The molecule has 0 aromatic carbocycles. The molecule has 0 rings (SSSR count). The summed E-state index contributed by atoms with van der Waals surface area (Å²) in [5, 5.41) is 0. The van der Waals surface area contributed by atoms with Crippen LogP contribution in [-0.4, -0.2) is 0 Å². The molecular formula is Cl2CoN. The zero-order chi connectivity index (χ0) is 0. The Kier molecular flexibility index (Phi) is 647. The zero-order valence-electron chi connectivity index (χ0n) is 1.54. The molecule has 0 bridgehead atoms. The van der Waals surface area contributed by atoms with Crippen LogP contribution < -0.4 is 31.0 Å². The van der Waals surface area contributed by atoms with Crippen molar-refractivity contribution in [3.05, 3.63) is 0 Å². The Labute approximate surface area is 48.1 Å². The van der Waals surface area contributed by atoms with E-state index < -0.39 is 0 Å². The second-order valence-corrected chi connectivity index (χ2v) is 0. The molecule has 0 N–H and O–H groups in total. The topological polar surface area (TPSA) is 30.5 Å². The normalized spacial score (nSPS) is 0. The van der Waals surface area contributed by atoms with Gasteiger partial charge in [0, 0.05) is 6.15 Å². The fourth-order valence-electron chi connectivity index (χ4n) is 0. The molecule has 0 aliphatic rings. The molecule has 1 nitrogen and oxygen atoms in total. The van der Waals surface area contributed by atoms with Crippen LogP contribution in [0, 0.1) is 0 Å². The summed E-state index contributed by atoms with van der Waals surface area (Å²) in [5.74, 6) is 0. The van der Waals surface area contributed by atoms with Crippen LogP contribution in [0.15, 0.2) is 0 Å². The second kappa shape index (κ2) is 34.3. The van der Waals surface area contributed by atoms with Crippen molar-refractivity contribution in [1.82, 2.24) is 6.15 Å². The van der Waals surface area contributed by atoms with Crippen molar-refractivity contribution >= 4 is 0 Å². The SMILES string of the molecule is [Cl-].[Cl-].[Co+2].[N]. The van der Waals surface area contributed by atoms with Gasteiger partial charge in [0.25, 0.3) is 0 Å². The Balaban J connectivity index is 0. The smallest absolute Gasteiger partial charge is 1.00 e. The molecule has 0 fully saturated rings. The average molecular weight is 144 g/mol. The van der Waals surface area contributed by atoms with Gasteiger partial charge in [-0.25, -0.2) is 0 Å². The molecule has 28 valence electrons. The van der Waals surface area contributed by atoms with Crippen molar-refractivity contribution in [2.24, 2.45) is 0 Å². The van der Waals surface area contributed by atoms with Gasteiger partial charge in [-0.2, -0.15) is 0 Å². The van der Waals surface area contributed by atoms with Gasteiger partial charge in [-0.1, -0.05) is 0 Å². The summed E-state index contributed by atoms with van der Waals surface area (Å²) in [6, 6.07) is 0. The van der Waals surface area contributed by atoms with Crippen LogP contribution in [0.4, 0.5) is 0 Å².